The zero-order chi connectivity index (χ0) is 13.1. The maximum atomic E-state index is 11.8. The Morgan fingerprint density at radius 3 is 2.89 bits per heavy atom. The van der Waals surface area contributed by atoms with Crippen LogP contribution in [0.1, 0.15) is 12.7 Å². The predicted molar refractivity (Wildman–Crippen MR) is 72.4 cm³/mol. The predicted octanol–water partition coefficient (Wildman–Crippen LogP) is 1.37. The molecule has 2 heterocycles. The van der Waals surface area contributed by atoms with Gasteiger partial charge in [-0.25, -0.2) is 9.67 Å². The molecule has 96 valence electrons. The monoisotopic (exact) mass is 311 g/mol. The summed E-state index contributed by atoms with van der Waals surface area (Å²) < 4.78 is 3.81. The van der Waals surface area contributed by atoms with E-state index < -0.39 is 0 Å². The molecule has 0 saturated heterocycles. The standard InChI is InChI=1S/C11H14BrN5O/c1-3-17-11(18)10(12)8(6-15-17)14-7-9-13-4-5-16(9)2/h4-6,14H,3,7H2,1-2H3. The molecule has 0 aliphatic carbocycles. The van der Waals surface area contributed by atoms with Gasteiger partial charge in [0.25, 0.3) is 5.56 Å². The van der Waals surface area contributed by atoms with E-state index in [1.807, 2.05) is 24.7 Å². The first-order valence-electron chi connectivity index (χ1n) is 5.59. The topological polar surface area (TPSA) is 64.7 Å². The number of hydrogen-bond donors (Lipinski definition) is 1. The minimum absolute atomic E-state index is 0.137. The lowest BCUT2D eigenvalue weighted by atomic mass is 10.4. The van der Waals surface area contributed by atoms with Crippen LogP contribution >= 0.6 is 15.9 Å². The highest BCUT2D eigenvalue weighted by atomic mass is 79.9. The third-order valence-corrected chi connectivity index (χ3v) is 3.41. The zero-order valence-corrected chi connectivity index (χ0v) is 11.8. The third kappa shape index (κ3) is 2.45. The first kappa shape index (κ1) is 12.8. The summed E-state index contributed by atoms with van der Waals surface area (Å²) in [5, 5.41) is 7.21. The third-order valence-electron chi connectivity index (χ3n) is 2.64. The molecule has 2 aromatic rings. The summed E-state index contributed by atoms with van der Waals surface area (Å²) in [6.07, 6.45) is 5.25. The molecule has 0 fully saturated rings. The minimum atomic E-state index is -0.137. The number of halogens is 1. The number of hydrogen-bond acceptors (Lipinski definition) is 4. The van der Waals surface area contributed by atoms with Gasteiger partial charge in [-0.15, -0.1) is 0 Å². The van der Waals surface area contributed by atoms with Crippen LogP contribution in [0.15, 0.2) is 27.9 Å². The molecule has 0 aliphatic heterocycles. The summed E-state index contributed by atoms with van der Waals surface area (Å²) in [7, 11) is 1.92. The molecule has 0 unspecified atom stereocenters. The lowest BCUT2D eigenvalue weighted by Crippen LogP contribution is -2.23. The molecule has 0 radical (unpaired) electrons. The normalized spacial score (nSPS) is 10.6. The van der Waals surface area contributed by atoms with Gasteiger partial charge < -0.3 is 9.88 Å². The summed E-state index contributed by atoms with van der Waals surface area (Å²) >= 11 is 3.29. The van der Waals surface area contributed by atoms with Crippen LogP contribution in [0.4, 0.5) is 5.69 Å². The Morgan fingerprint density at radius 1 is 1.50 bits per heavy atom. The molecule has 6 nitrogen and oxygen atoms in total. The molecule has 0 spiro atoms. The Hall–Kier alpha value is -1.63. The molecule has 0 aromatic carbocycles. The SMILES string of the molecule is CCn1ncc(NCc2nccn2C)c(Br)c1=O. The van der Waals surface area contributed by atoms with Crippen molar-refractivity contribution in [2.45, 2.75) is 20.0 Å². The zero-order valence-electron chi connectivity index (χ0n) is 10.2. The first-order valence-corrected chi connectivity index (χ1v) is 6.38. The molecular formula is C11H14BrN5O. The number of imidazole rings is 1. The smallest absolute Gasteiger partial charge is 0.283 e. The van der Waals surface area contributed by atoms with Crippen molar-refractivity contribution in [3.05, 3.63) is 39.2 Å². The maximum absolute atomic E-state index is 11.8. The fraction of sp³-hybridized carbons (Fsp3) is 0.364. The van der Waals surface area contributed by atoms with Crippen LogP contribution in [0.5, 0.6) is 0 Å². The molecule has 7 heteroatoms. The van der Waals surface area contributed by atoms with Gasteiger partial charge in [0.1, 0.15) is 10.3 Å². The van der Waals surface area contributed by atoms with Crippen molar-refractivity contribution in [1.29, 1.82) is 0 Å². The van der Waals surface area contributed by atoms with Crippen molar-refractivity contribution < 1.29 is 0 Å². The fourth-order valence-corrected chi connectivity index (χ4v) is 2.00. The van der Waals surface area contributed by atoms with Gasteiger partial charge in [-0.2, -0.15) is 5.10 Å². The van der Waals surface area contributed by atoms with Crippen LogP contribution < -0.4 is 10.9 Å². The van der Waals surface area contributed by atoms with Crippen LogP contribution in [0, 0.1) is 0 Å². The van der Waals surface area contributed by atoms with E-state index in [-0.39, 0.29) is 5.56 Å². The number of nitrogens with one attached hydrogen (secondary N) is 1. The maximum Gasteiger partial charge on any atom is 0.283 e. The molecule has 0 atom stereocenters. The number of rotatable bonds is 4. The number of anilines is 1. The van der Waals surface area contributed by atoms with Crippen molar-refractivity contribution in [2.75, 3.05) is 5.32 Å². The van der Waals surface area contributed by atoms with Gasteiger partial charge in [0, 0.05) is 26.0 Å². The minimum Gasteiger partial charge on any atom is -0.375 e. The van der Waals surface area contributed by atoms with Crippen molar-refractivity contribution >= 4 is 21.6 Å². The van der Waals surface area contributed by atoms with Gasteiger partial charge in [0.05, 0.1) is 18.4 Å². The average molecular weight is 312 g/mol. The molecule has 18 heavy (non-hydrogen) atoms. The summed E-state index contributed by atoms with van der Waals surface area (Å²) in [6.45, 7) is 2.97. The number of aromatic nitrogens is 4. The molecule has 2 aromatic heterocycles. The van der Waals surface area contributed by atoms with Gasteiger partial charge in [-0.05, 0) is 22.9 Å². The second-order valence-electron chi connectivity index (χ2n) is 3.80. The van der Waals surface area contributed by atoms with Gasteiger partial charge in [-0.3, -0.25) is 4.79 Å². The van der Waals surface area contributed by atoms with E-state index in [0.29, 0.717) is 23.2 Å². The fourth-order valence-electron chi connectivity index (χ4n) is 1.55. The van der Waals surface area contributed by atoms with E-state index in [2.05, 4.69) is 31.3 Å². The quantitative estimate of drug-likeness (QED) is 0.926. The van der Waals surface area contributed by atoms with E-state index in [1.54, 1.807) is 12.4 Å². The number of aryl methyl sites for hydroxylation is 2. The highest BCUT2D eigenvalue weighted by Crippen LogP contribution is 2.16. The molecule has 0 amide bonds. The van der Waals surface area contributed by atoms with E-state index in [1.165, 1.54) is 4.68 Å². The largest absolute Gasteiger partial charge is 0.375 e. The van der Waals surface area contributed by atoms with Crippen LogP contribution in [0.25, 0.3) is 0 Å². The summed E-state index contributed by atoms with van der Waals surface area (Å²) in [4.78, 5) is 16.0. The Labute approximate surface area is 113 Å². The van der Waals surface area contributed by atoms with Gasteiger partial charge in [-0.1, -0.05) is 0 Å². The molecule has 0 aliphatic rings. The lowest BCUT2D eigenvalue weighted by molar-refractivity contribution is 0.612. The van der Waals surface area contributed by atoms with Crippen molar-refractivity contribution in [3.8, 4) is 0 Å². The van der Waals surface area contributed by atoms with Crippen molar-refractivity contribution in [3.63, 3.8) is 0 Å². The first-order chi connectivity index (χ1) is 8.63. The van der Waals surface area contributed by atoms with Crippen LogP contribution in [-0.2, 0) is 20.1 Å². The van der Waals surface area contributed by atoms with Gasteiger partial charge >= 0.3 is 0 Å². The molecule has 0 bridgehead atoms. The van der Waals surface area contributed by atoms with Crippen LogP contribution in [0.2, 0.25) is 0 Å². The van der Waals surface area contributed by atoms with Crippen molar-refractivity contribution in [1.82, 2.24) is 19.3 Å². The van der Waals surface area contributed by atoms with E-state index in [4.69, 9.17) is 0 Å². The van der Waals surface area contributed by atoms with Crippen molar-refractivity contribution in [2.24, 2.45) is 7.05 Å². The van der Waals surface area contributed by atoms with Crippen LogP contribution in [0.3, 0.4) is 0 Å². The molecule has 1 N–H and O–H groups in total. The van der Waals surface area contributed by atoms with E-state index in [9.17, 15) is 4.79 Å². The summed E-state index contributed by atoms with van der Waals surface area (Å²) in [5.74, 6) is 0.890. The Balaban J connectivity index is 2.18. The average Bonchev–Trinajstić information content (AvgIpc) is 2.77. The molecule has 2 rings (SSSR count). The Bertz CT molecular complexity index is 604. The van der Waals surface area contributed by atoms with Crippen LogP contribution in [-0.4, -0.2) is 19.3 Å². The molecule has 0 saturated carbocycles. The summed E-state index contributed by atoms with van der Waals surface area (Å²) in [5.41, 5.74) is 0.537. The second kappa shape index (κ2) is 5.34. The Morgan fingerprint density at radius 2 is 2.28 bits per heavy atom. The van der Waals surface area contributed by atoms with Gasteiger partial charge in [0.15, 0.2) is 0 Å². The van der Waals surface area contributed by atoms with E-state index in [0.717, 1.165) is 5.82 Å². The number of nitrogens with zero attached hydrogens (tertiary/aromatic N) is 4. The van der Waals surface area contributed by atoms with E-state index >= 15 is 0 Å². The lowest BCUT2D eigenvalue weighted by Gasteiger charge is -2.09. The van der Waals surface area contributed by atoms with Gasteiger partial charge in [0.2, 0.25) is 0 Å². The second-order valence-corrected chi connectivity index (χ2v) is 4.59. The molecular weight excluding hydrogens is 298 g/mol. The highest BCUT2D eigenvalue weighted by molar-refractivity contribution is 9.10. The summed E-state index contributed by atoms with van der Waals surface area (Å²) in [6, 6.07) is 0. The highest BCUT2D eigenvalue weighted by Gasteiger charge is 2.08. The Kier molecular flexibility index (Phi) is 3.81.